The van der Waals surface area contributed by atoms with E-state index in [0.717, 1.165) is 42.3 Å². The van der Waals surface area contributed by atoms with Crippen LogP contribution in [0.2, 0.25) is 0 Å². The number of aromatic nitrogens is 1. The third-order valence-electron chi connectivity index (χ3n) is 5.15. The molecule has 3 aromatic rings. The summed E-state index contributed by atoms with van der Waals surface area (Å²) in [6.07, 6.45) is 2.26. The summed E-state index contributed by atoms with van der Waals surface area (Å²) in [4.78, 5) is 20.9. The largest absolute Gasteiger partial charge is 0.352 e. The molecule has 0 aliphatic rings. The van der Waals surface area contributed by atoms with Gasteiger partial charge in [-0.1, -0.05) is 69.7 Å². The monoisotopic (exact) mass is 435 g/mol. The number of unbranched alkanes of at least 4 members (excludes halogenated alkanes) is 1. The van der Waals surface area contributed by atoms with Gasteiger partial charge in [-0.15, -0.1) is 11.3 Å². The van der Waals surface area contributed by atoms with Gasteiger partial charge in [0.15, 0.2) is 5.13 Å². The zero-order valence-electron chi connectivity index (χ0n) is 19.0. The zero-order chi connectivity index (χ0) is 22.2. The highest BCUT2D eigenvalue weighted by atomic mass is 32.1. The zero-order valence-corrected chi connectivity index (χ0v) is 19.8. The summed E-state index contributed by atoms with van der Waals surface area (Å²) >= 11 is 1.75. The van der Waals surface area contributed by atoms with E-state index in [4.69, 9.17) is 4.98 Å². The van der Waals surface area contributed by atoms with E-state index < -0.39 is 0 Å². The Morgan fingerprint density at radius 2 is 1.81 bits per heavy atom. The molecule has 1 amide bonds. The van der Waals surface area contributed by atoms with E-state index in [-0.39, 0.29) is 5.91 Å². The molecule has 0 unspecified atom stereocenters. The predicted molar refractivity (Wildman–Crippen MR) is 132 cm³/mol. The summed E-state index contributed by atoms with van der Waals surface area (Å²) in [6, 6.07) is 18.3. The van der Waals surface area contributed by atoms with E-state index >= 15 is 0 Å². The second-order valence-electron chi connectivity index (χ2n) is 8.34. The molecule has 0 bridgehead atoms. The molecule has 5 heteroatoms. The number of carbonyl (C=O) groups is 1. The fraction of sp³-hybridized carbons (Fsp3) is 0.385. The summed E-state index contributed by atoms with van der Waals surface area (Å²) in [6.45, 7) is 11.0. The minimum absolute atomic E-state index is 0.00820. The molecule has 1 N–H and O–H groups in total. The van der Waals surface area contributed by atoms with Gasteiger partial charge in [-0.3, -0.25) is 4.79 Å². The second-order valence-corrected chi connectivity index (χ2v) is 9.52. The molecule has 2 aromatic carbocycles. The first kappa shape index (κ1) is 23.0. The number of amides is 1. The predicted octanol–water partition coefficient (Wildman–Crippen LogP) is 6.31. The normalized spacial score (nSPS) is 11.0. The van der Waals surface area contributed by atoms with Crippen LogP contribution < -0.4 is 10.2 Å². The van der Waals surface area contributed by atoms with Crippen LogP contribution in [0.25, 0.3) is 11.3 Å². The van der Waals surface area contributed by atoms with Crippen molar-refractivity contribution in [3.8, 4) is 11.3 Å². The first-order chi connectivity index (χ1) is 15.0. The average molecular weight is 436 g/mol. The van der Waals surface area contributed by atoms with Crippen LogP contribution in [0.5, 0.6) is 0 Å². The molecule has 0 aliphatic heterocycles. The highest BCUT2D eigenvalue weighted by Crippen LogP contribution is 2.33. The molecule has 0 saturated carbocycles. The molecule has 0 radical (unpaired) electrons. The Labute approximate surface area is 190 Å². The smallest absolute Gasteiger partial charge is 0.251 e. The van der Waals surface area contributed by atoms with Gasteiger partial charge in [-0.05, 0) is 37.0 Å². The molecular formula is C26H33N3OS. The Balaban J connectivity index is 1.75. The van der Waals surface area contributed by atoms with E-state index in [1.54, 1.807) is 11.3 Å². The molecule has 0 fully saturated rings. The van der Waals surface area contributed by atoms with Crippen LogP contribution in [0.3, 0.4) is 0 Å². The van der Waals surface area contributed by atoms with E-state index in [1.807, 2.05) is 18.2 Å². The van der Waals surface area contributed by atoms with E-state index in [1.165, 1.54) is 10.4 Å². The number of hydrogen-bond acceptors (Lipinski definition) is 4. The first-order valence-corrected chi connectivity index (χ1v) is 11.9. The van der Waals surface area contributed by atoms with Crippen molar-refractivity contribution in [2.24, 2.45) is 5.92 Å². The van der Waals surface area contributed by atoms with Gasteiger partial charge < -0.3 is 10.2 Å². The lowest BCUT2D eigenvalue weighted by molar-refractivity contribution is 0.0949. The molecule has 0 saturated heterocycles. The van der Waals surface area contributed by atoms with Crippen molar-refractivity contribution >= 4 is 22.4 Å². The average Bonchev–Trinajstić information content (AvgIpc) is 3.17. The summed E-state index contributed by atoms with van der Waals surface area (Å²) < 4.78 is 0. The number of anilines is 1. The van der Waals surface area contributed by atoms with Gasteiger partial charge in [0.2, 0.25) is 0 Å². The van der Waals surface area contributed by atoms with Crippen LogP contribution in [0, 0.1) is 12.8 Å². The molecule has 0 aliphatic carbocycles. The molecule has 0 spiro atoms. The Kier molecular flexibility index (Phi) is 8.24. The number of nitrogens with zero attached hydrogens (tertiary/aromatic N) is 2. The fourth-order valence-corrected chi connectivity index (χ4v) is 4.31. The number of carbonyl (C=O) groups excluding carboxylic acids is 1. The van der Waals surface area contributed by atoms with Crippen LogP contribution in [0.4, 0.5) is 5.13 Å². The highest BCUT2D eigenvalue weighted by Gasteiger charge is 2.16. The molecule has 31 heavy (non-hydrogen) atoms. The molecular weight excluding hydrogens is 402 g/mol. The van der Waals surface area contributed by atoms with Crippen LogP contribution in [0.1, 0.15) is 54.4 Å². The summed E-state index contributed by atoms with van der Waals surface area (Å²) in [5, 5.41) is 4.04. The fourth-order valence-electron chi connectivity index (χ4n) is 3.35. The van der Waals surface area contributed by atoms with Crippen LogP contribution in [-0.2, 0) is 6.54 Å². The van der Waals surface area contributed by atoms with Crippen LogP contribution in [0.15, 0.2) is 54.6 Å². The van der Waals surface area contributed by atoms with Crippen molar-refractivity contribution in [3.63, 3.8) is 0 Å². The number of rotatable bonds is 10. The molecule has 3 rings (SSSR count). The van der Waals surface area contributed by atoms with E-state index in [0.29, 0.717) is 18.0 Å². The molecule has 1 aromatic heterocycles. The number of benzene rings is 2. The number of aryl methyl sites for hydroxylation is 1. The van der Waals surface area contributed by atoms with Gasteiger partial charge >= 0.3 is 0 Å². The maximum atomic E-state index is 12.3. The van der Waals surface area contributed by atoms with Gasteiger partial charge in [0.25, 0.3) is 5.91 Å². The van der Waals surface area contributed by atoms with Gasteiger partial charge in [-0.25, -0.2) is 4.98 Å². The molecule has 0 atom stereocenters. The summed E-state index contributed by atoms with van der Waals surface area (Å²) in [5.74, 6) is 0.434. The van der Waals surface area contributed by atoms with Crippen molar-refractivity contribution in [1.82, 2.24) is 10.3 Å². The lowest BCUT2D eigenvalue weighted by Crippen LogP contribution is -2.27. The van der Waals surface area contributed by atoms with E-state index in [2.05, 4.69) is 74.3 Å². The van der Waals surface area contributed by atoms with Crippen molar-refractivity contribution in [3.05, 3.63) is 70.6 Å². The Bertz CT molecular complexity index is 964. The van der Waals surface area contributed by atoms with Crippen molar-refractivity contribution in [2.75, 3.05) is 18.0 Å². The quantitative estimate of drug-likeness (QED) is 0.406. The number of nitrogens with one attached hydrogen (secondary N) is 1. The minimum atomic E-state index is -0.00820. The van der Waals surface area contributed by atoms with Gasteiger partial charge in [0.1, 0.15) is 0 Å². The standard InChI is InChI=1S/C26H33N3OS/c1-5-6-16-29(26-28-24(20(4)31-26)22-10-8-7-9-11-22)18-21-12-14-23(15-13-21)25(30)27-17-19(2)3/h7-15,19H,5-6,16-18H2,1-4H3,(H,27,30). The first-order valence-electron chi connectivity index (χ1n) is 11.1. The van der Waals surface area contributed by atoms with Gasteiger partial charge in [-0.2, -0.15) is 0 Å². The van der Waals surface area contributed by atoms with Crippen molar-refractivity contribution in [1.29, 1.82) is 0 Å². The van der Waals surface area contributed by atoms with Crippen LogP contribution in [-0.4, -0.2) is 24.0 Å². The van der Waals surface area contributed by atoms with Crippen molar-refractivity contribution in [2.45, 2.75) is 47.1 Å². The lowest BCUT2D eigenvalue weighted by Gasteiger charge is -2.22. The SMILES string of the molecule is CCCCN(Cc1ccc(C(=O)NCC(C)C)cc1)c1nc(-c2ccccc2)c(C)s1. The van der Waals surface area contributed by atoms with Gasteiger partial charge in [0, 0.05) is 35.6 Å². The third kappa shape index (κ3) is 6.41. The molecule has 164 valence electrons. The second kappa shape index (κ2) is 11.1. The topological polar surface area (TPSA) is 45.2 Å². The Morgan fingerprint density at radius 3 is 2.45 bits per heavy atom. The maximum absolute atomic E-state index is 12.3. The summed E-state index contributed by atoms with van der Waals surface area (Å²) in [5.41, 5.74) is 4.13. The number of thiazole rings is 1. The van der Waals surface area contributed by atoms with E-state index in [9.17, 15) is 4.79 Å². The maximum Gasteiger partial charge on any atom is 0.251 e. The van der Waals surface area contributed by atoms with Crippen molar-refractivity contribution < 1.29 is 4.79 Å². The molecule has 4 nitrogen and oxygen atoms in total. The summed E-state index contributed by atoms with van der Waals surface area (Å²) in [7, 11) is 0. The van der Waals surface area contributed by atoms with Crippen LogP contribution >= 0.6 is 11.3 Å². The van der Waals surface area contributed by atoms with Gasteiger partial charge in [0.05, 0.1) is 5.69 Å². The third-order valence-corrected chi connectivity index (χ3v) is 6.18. The Hall–Kier alpha value is -2.66. The lowest BCUT2D eigenvalue weighted by atomic mass is 10.1. The number of hydrogen-bond donors (Lipinski definition) is 1. The minimum Gasteiger partial charge on any atom is -0.352 e. The molecule has 1 heterocycles. The highest BCUT2D eigenvalue weighted by molar-refractivity contribution is 7.16. The Morgan fingerprint density at radius 1 is 1.10 bits per heavy atom.